The van der Waals surface area contributed by atoms with Crippen LogP contribution in [0.3, 0.4) is 0 Å². The van der Waals surface area contributed by atoms with E-state index in [1.807, 2.05) is 35.1 Å². The van der Waals surface area contributed by atoms with E-state index in [1.165, 1.54) is 32.1 Å². The van der Waals surface area contributed by atoms with Crippen molar-refractivity contribution in [3.05, 3.63) is 54.9 Å². The molecule has 9 heteroatoms. The number of fused-ring (bicyclic) bond motifs is 2. The lowest BCUT2D eigenvalue weighted by atomic mass is 9.96. The Hall–Kier alpha value is -3.62. The topological polar surface area (TPSA) is 91.6 Å². The molecule has 0 atom stereocenters. The summed E-state index contributed by atoms with van der Waals surface area (Å²) >= 11 is 0. The van der Waals surface area contributed by atoms with Gasteiger partial charge in [0.2, 0.25) is 5.65 Å². The van der Waals surface area contributed by atoms with Crippen molar-refractivity contribution in [2.75, 3.05) is 0 Å². The van der Waals surface area contributed by atoms with Gasteiger partial charge in [-0.2, -0.15) is 5.10 Å². The Balaban J connectivity index is 1.31. The molecule has 0 unspecified atom stereocenters. The third-order valence-corrected chi connectivity index (χ3v) is 5.86. The summed E-state index contributed by atoms with van der Waals surface area (Å²) in [6, 6.07) is 4.53. The molecule has 0 bridgehead atoms. The van der Waals surface area contributed by atoms with E-state index in [1.54, 1.807) is 17.1 Å². The Kier molecular flexibility index (Phi) is 4.03. The van der Waals surface area contributed by atoms with E-state index in [4.69, 9.17) is 4.98 Å². The van der Waals surface area contributed by atoms with Gasteiger partial charge in [-0.3, -0.25) is 4.68 Å². The summed E-state index contributed by atoms with van der Waals surface area (Å²) < 4.78 is 5.87. The first-order valence-corrected chi connectivity index (χ1v) is 10.4. The van der Waals surface area contributed by atoms with Crippen LogP contribution >= 0.6 is 0 Å². The number of imidazole rings is 1. The average Bonchev–Trinajstić information content (AvgIpc) is 3.54. The number of hydrogen-bond acceptors (Lipinski definition) is 6. The molecular formula is C21H21N9. The van der Waals surface area contributed by atoms with Crippen LogP contribution < -0.4 is 0 Å². The van der Waals surface area contributed by atoms with Gasteiger partial charge in [-0.15, -0.1) is 5.10 Å². The molecule has 0 N–H and O–H groups in total. The van der Waals surface area contributed by atoms with Crippen LogP contribution in [0.1, 0.15) is 43.7 Å². The summed E-state index contributed by atoms with van der Waals surface area (Å²) in [5.41, 5.74) is 4.98. The molecule has 1 fully saturated rings. The number of pyridine rings is 1. The first-order valence-electron chi connectivity index (χ1n) is 10.4. The lowest BCUT2D eigenvalue weighted by molar-refractivity contribution is 0.329. The zero-order valence-electron chi connectivity index (χ0n) is 16.5. The predicted molar refractivity (Wildman–Crippen MR) is 111 cm³/mol. The molecule has 9 nitrogen and oxygen atoms in total. The zero-order chi connectivity index (χ0) is 19.9. The number of nitrogens with zero attached hydrogens (tertiary/aromatic N) is 9. The van der Waals surface area contributed by atoms with Crippen LogP contribution in [0, 0.1) is 0 Å². The number of rotatable bonds is 4. The van der Waals surface area contributed by atoms with Crippen LogP contribution in [0.2, 0.25) is 0 Å². The van der Waals surface area contributed by atoms with E-state index in [9.17, 15) is 0 Å². The van der Waals surface area contributed by atoms with Crippen molar-refractivity contribution in [3.8, 4) is 11.3 Å². The van der Waals surface area contributed by atoms with E-state index in [-0.39, 0.29) is 0 Å². The standard InChI is InChI=1S/C21H21N9/c1-2-4-17(5-3-1)29-14-16(10-24-29)18-11-23-20-21(25-18)30(27-26-20)13-15-6-7-19-22-8-9-28(19)12-15/h6-12,14,17H,1-5,13H2. The molecular weight excluding hydrogens is 378 g/mol. The summed E-state index contributed by atoms with van der Waals surface area (Å²) in [5.74, 6) is 0. The zero-order valence-corrected chi connectivity index (χ0v) is 16.5. The monoisotopic (exact) mass is 399 g/mol. The maximum Gasteiger partial charge on any atom is 0.221 e. The summed E-state index contributed by atoms with van der Waals surface area (Å²) in [6.45, 7) is 0.560. The van der Waals surface area contributed by atoms with Gasteiger partial charge in [-0.05, 0) is 24.5 Å². The molecule has 0 spiro atoms. The Labute approximate surface area is 172 Å². The molecule has 1 aliphatic rings. The van der Waals surface area contributed by atoms with Gasteiger partial charge in [0.05, 0.1) is 30.7 Å². The van der Waals surface area contributed by atoms with Crippen LogP contribution in [-0.4, -0.2) is 44.1 Å². The predicted octanol–water partition coefficient (Wildman–Crippen LogP) is 3.29. The molecule has 5 heterocycles. The first kappa shape index (κ1) is 17.3. The molecule has 0 saturated heterocycles. The lowest BCUT2D eigenvalue weighted by Crippen LogP contribution is -2.12. The van der Waals surface area contributed by atoms with Crippen LogP contribution in [0.5, 0.6) is 0 Å². The summed E-state index contributed by atoms with van der Waals surface area (Å²) in [6.07, 6.45) is 17.8. The molecule has 0 aromatic carbocycles. The van der Waals surface area contributed by atoms with Crippen LogP contribution in [0.15, 0.2) is 49.3 Å². The quantitative estimate of drug-likeness (QED) is 0.460. The van der Waals surface area contributed by atoms with Gasteiger partial charge in [0.15, 0.2) is 5.65 Å². The lowest BCUT2D eigenvalue weighted by Gasteiger charge is -2.21. The Morgan fingerprint density at radius 2 is 1.93 bits per heavy atom. The Morgan fingerprint density at radius 1 is 1.00 bits per heavy atom. The molecule has 5 aromatic rings. The van der Waals surface area contributed by atoms with E-state index >= 15 is 0 Å². The van der Waals surface area contributed by atoms with E-state index in [0.717, 1.165) is 22.5 Å². The Bertz CT molecular complexity index is 1320. The van der Waals surface area contributed by atoms with Crippen LogP contribution in [-0.2, 0) is 6.54 Å². The van der Waals surface area contributed by atoms with Gasteiger partial charge in [0.1, 0.15) is 5.65 Å². The highest BCUT2D eigenvalue weighted by molar-refractivity contribution is 5.69. The first-order chi connectivity index (χ1) is 14.8. The third-order valence-electron chi connectivity index (χ3n) is 5.86. The second-order valence-electron chi connectivity index (χ2n) is 7.88. The SMILES string of the molecule is c1cn2cc(Cn3nnc4ncc(-c5cnn(C6CCCCC6)c5)nc43)ccc2n1. The minimum absolute atomic E-state index is 0.495. The third kappa shape index (κ3) is 3.02. The van der Waals surface area contributed by atoms with Gasteiger partial charge in [-0.1, -0.05) is 30.5 Å². The van der Waals surface area contributed by atoms with Crippen molar-refractivity contribution in [2.45, 2.75) is 44.7 Å². The van der Waals surface area contributed by atoms with E-state index in [2.05, 4.69) is 36.3 Å². The maximum atomic E-state index is 4.82. The Morgan fingerprint density at radius 3 is 2.87 bits per heavy atom. The van der Waals surface area contributed by atoms with Crippen LogP contribution in [0.4, 0.5) is 0 Å². The summed E-state index contributed by atoms with van der Waals surface area (Å²) in [5, 5.41) is 13.0. The van der Waals surface area contributed by atoms with Crippen molar-refractivity contribution >= 4 is 16.9 Å². The minimum Gasteiger partial charge on any atom is -0.307 e. The molecule has 5 aromatic heterocycles. The van der Waals surface area contributed by atoms with Gasteiger partial charge < -0.3 is 4.40 Å². The highest BCUT2D eigenvalue weighted by Crippen LogP contribution is 2.29. The summed E-state index contributed by atoms with van der Waals surface area (Å²) in [7, 11) is 0. The normalized spacial score (nSPS) is 15.3. The van der Waals surface area contributed by atoms with Gasteiger partial charge >= 0.3 is 0 Å². The van der Waals surface area contributed by atoms with Crippen molar-refractivity contribution in [3.63, 3.8) is 0 Å². The van der Waals surface area contributed by atoms with Gasteiger partial charge in [0, 0.05) is 30.4 Å². The molecule has 1 saturated carbocycles. The molecule has 1 aliphatic carbocycles. The molecule has 0 aliphatic heterocycles. The molecule has 150 valence electrons. The van der Waals surface area contributed by atoms with Crippen LogP contribution in [0.25, 0.3) is 28.2 Å². The highest BCUT2D eigenvalue weighted by atomic mass is 15.5. The molecule has 0 amide bonds. The van der Waals surface area contributed by atoms with Gasteiger partial charge in [-0.25, -0.2) is 19.6 Å². The molecule has 6 rings (SSSR count). The fourth-order valence-corrected chi connectivity index (χ4v) is 4.25. The van der Waals surface area contributed by atoms with Crippen molar-refractivity contribution in [2.24, 2.45) is 0 Å². The largest absolute Gasteiger partial charge is 0.307 e. The van der Waals surface area contributed by atoms with Crippen molar-refractivity contribution in [1.29, 1.82) is 0 Å². The van der Waals surface area contributed by atoms with E-state index < -0.39 is 0 Å². The smallest absolute Gasteiger partial charge is 0.221 e. The van der Waals surface area contributed by atoms with E-state index in [0.29, 0.717) is 23.9 Å². The second-order valence-corrected chi connectivity index (χ2v) is 7.88. The average molecular weight is 399 g/mol. The van der Waals surface area contributed by atoms with Crippen molar-refractivity contribution in [1.82, 2.24) is 44.1 Å². The fourth-order valence-electron chi connectivity index (χ4n) is 4.25. The second kappa shape index (κ2) is 7.01. The summed E-state index contributed by atoms with van der Waals surface area (Å²) in [4.78, 5) is 13.6. The molecule has 30 heavy (non-hydrogen) atoms. The number of hydrogen-bond donors (Lipinski definition) is 0. The number of aromatic nitrogens is 9. The fraction of sp³-hybridized carbons (Fsp3) is 0.333. The van der Waals surface area contributed by atoms with Crippen molar-refractivity contribution < 1.29 is 0 Å². The molecule has 0 radical (unpaired) electrons. The van der Waals surface area contributed by atoms with Gasteiger partial charge in [0.25, 0.3) is 0 Å². The maximum absolute atomic E-state index is 4.82. The highest BCUT2D eigenvalue weighted by Gasteiger charge is 2.17. The minimum atomic E-state index is 0.495.